The van der Waals surface area contributed by atoms with Gasteiger partial charge >= 0.3 is 0 Å². The van der Waals surface area contributed by atoms with Crippen LogP contribution in [-0.2, 0) is 27.1 Å². The summed E-state index contributed by atoms with van der Waals surface area (Å²) in [5.74, 6) is 3.24. The fraction of sp³-hybridized carbons (Fsp3) is 0.464. The fourth-order valence-corrected chi connectivity index (χ4v) is 14.1. The monoisotopic (exact) mass is 749 g/mol. The van der Waals surface area contributed by atoms with Gasteiger partial charge in [-0.3, -0.25) is 0 Å². The Morgan fingerprint density at radius 2 is 0.877 bits per heavy atom. The zero-order chi connectivity index (χ0) is 39.3. The van der Waals surface area contributed by atoms with Crippen molar-refractivity contribution in [2.45, 2.75) is 140 Å². The lowest BCUT2D eigenvalue weighted by molar-refractivity contribution is -0.0399. The van der Waals surface area contributed by atoms with E-state index in [1.807, 2.05) is 0 Å². The first kappa shape index (κ1) is 36.0. The van der Waals surface area contributed by atoms with Crippen LogP contribution in [0.15, 0.2) is 103 Å². The molecule has 0 heterocycles. The molecule has 0 saturated heterocycles. The molecular formula is C56H63N. The molecule has 5 aromatic carbocycles. The molecule has 7 aliphatic carbocycles. The van der Waals surface area contributed by atoms with Crippen LogP contribution in [-0.4, -0.2) is 0 Å². The molecule has 0 atom stereocenters. The third-order valence-corrected chi connectivity index (χ3v) is 17.2. The quantitative estimate of drug-likeness (QED) is 0.177. The van der Waals surface area contributed by atoms with E-state index in [-0.39, 0.29) is 27.1 Å². The number of fused-ring (bicyclic) bond motifs is 5. The Kier molecular flexibility index (Phi) is 7.58. The molecule has 5 aromatic rings. The first-order valence-electron chi connectivity index (χ1n) is 22.6. The van der Waals surface area contributed by atoms with E-state index < -0.39 is 0 Å². The van der Waals surface area contributed by atoms with Gasteiger partial charge in [-0.1, -0.05) is 122 Å². The number of nitrogens with zero attached hydrogens (tertiary/aromatic N) is 1. The molecule has 4 saturated carbocycles. The van der Waals surface area contributed by atoms with Gasteiger partial charge in [0, 0.05) is 22.5 Å². The van der Waals surface area contributed by atoms with Gasteiger partial charge in [0.15, 0.2) is 0 Å². The van der Waals surface area contributed by atoms with Crippen LogP contribution >= 0.6 is 0 Å². The summed E-state index contributed by atoms with van der Waals surface area (Å²) in [7, 11) is 0. The van der Waals surface area contributed by atoms with Crippen molar-refractivity contribution in [3.05, 3.63) is 137 Å². The summed E-state index contributed by atoms with van der Waals surface area (Å²) in [6.07, 6.45) is 11.9. The van der Waals surface area contributed by atoms with E-state index >= 15 is 0 Å². The van der Waals surface area contributed by atoms with Gasteiger partial charge in [-0.05, 0) is 195 Å². The minimum atomic E-state index is 0.0777. The Morgan fingerprint density at radius 3 is 1.42 bits per heavy atom. The van der Waals surface area contributed by atoms with Gasteiger partial charge < -0.3 is 4.90 Å². The third kappa shape index (κ3) is 5.12. The molecular weight excluding hydrogens is 687 g/mol. The topological polar surface area (TPSA) is 3.24 Å². The standard InChI is InChI=1S/C56H63N/c1-52(2)22-24-54(5,6)48-32-40(18-20-46(48)52)57(41-19-21-47-49(33-41)55(7,8)25-23-53(47,3)4)42-31-44(37-14-10-9-11-15-37)51-43-16-12-13-17-45(43)56(50(51)34-42)38-27-35-26-36(29-38)30-39(56)28-35/h9-21,31-36,38-39H,22-30H2,1-8H3. The van der Waals surface area contributed by atoms with Crippen LogP contribution in [0.4, 0.5) is 17.1 Å². The lowest BCUT2D eigenvalue weighted by Gasteiger charge is -2.61. The summed E-state index contributed by atoms with van der Waals surface area (Å²) in [6.45, 7) is 19.8. The summed E-state index contributed by atoms with van der Waals surface area (Å²) in [4.78, 5) is 2.69. The molecule has 1 nitrogen and oxygen atoms in total. The van der Waals surface area contributed by atoms with Crippen molar-refractivity contribution in [3.8, 4) is 22.3 Å². The lowest BCUT2D eigenvalue weighted by atomic mass is 9.43. The predicted octanol–water partition coefficient (Wildman–Crippen LogP) is 15.2. The molecule has 0 aromatic heterocycles. The zero-order valence-corrected chi connectivity index (χ0v) is 35.9. The predicted molar refractivity (Wildman–Crippen MR) is 240 cm³/mol. The smallest absolute Gasteiger partial charge is 0.0471 e. The summed E-state index contributed by atoms with van der Waals surface area (Å²) < 4.78 is 0. The molecule has 57 heavy (non-hydrogen) atoms. The van der Waals surface area contributed by atoms with E-state index in [9.17, 15) is 0 Å². The van der Waals surface area contributed by atoms with Crippen molar-refractivity contribution in [1.29, 1.82) is 0 Å². The van der Waals surface area contributed by atoms with Crippen LogP contribution in [0.5, 0.6) is 0 Å². The average Bonchev–Trinajstić information content (AvgIpc) is 3.48. The van der Waals surface area contributed by atoms with E-state index in [1.54, 1.807) is 11.1 Å². The van der Waals surface area contributed by atoms with Gasteiger partial charge in [0.25, 0.3) is 0 Å². The highest BCUT2D eigenvalue weighted by atomic mass is 15.1. The summed E-state index contributed by atoms with van der Waals surface area (Å²) in [5, 5.41) is 0. The number of benzene rings is 5. The molecule has 0 radical (unpaired) electrons. The highest BCUT2D eigenvalue weighted by molar-refractivity contribution is 5.96. The molecule has 0 unspecified atom stereocenters. The summed E-state index contributed by atoms with van der Waals surface area (Å²) in [5.41, 5.74) is 19.6. The van der Waals surface area contributed by atoms with Crippen molar-refractivity contribution >= 4 is 17.1 Å². The Labute approximate surface area is 343 Å². The van der Waals surface area contributed by atoms with Gasteiger partial charge in [0.2, 0.25) is 0 Å². The Morgan fingerprint density at radius 1 is 0.404 bits per heavy atom. The molecule has 1 heteroatoms. The highest BCUT2D eigenvalue weighted by Gasteiger charge is 2.62. The second-order valence-electron chi connectivity index (χ2n) is 22.3. The van der Waals surface area contributed by atoms with Gasteiger partial charge in [-0.2, -0.15) is 0 Å². The molecule has 0 amide bonds. The van der Waals surface area contributed by atoms with E-state index in [4.69, 9.17) is 0 Å². The maximum absolute atomic E-state index is 2.73. The summed E-state index contributed by atoms with van der Waals surface area (Å²) in [6, 6.07) is 41.5. The van der Waals surface area contributed by atoms with Crippen LogP contribution in [0, 0.1) is 23.7 Å². The third-order valence-electron chi connectivity index (χ3n) is 17.2. The first-order chi connectivity index (χ1) is 27.2. The highest BCUT2D eigenvalue weighted by Crippen LogP contribution is 2.70. The first-order valence-corrected chi connectivity index (χ1v) is 22.6. The second kappa shape index (κ2) is 12.0. The Balaban J connectivity index is 1.21. The van der Waals surface area contributed by atoms with E-state index in [0.29, 0.717) is 11.8 Å². The lowest BCUT2D eigenvalue weighted by Crippen LogP contribution is -2.55. The van der Waals surface area contributed by atoms with E-state index in [1.165, 1.54) is 119 Å². The molecule has 4 bridgehead atoms. The average molecular weight is 750 g/mol. The molecule has 4 fully saturated rings. The zero-order valence-electron chi connectivity index (χ0n) is 35.9. The van der Waals surface area contributed by atoms with Crippen molar-refractivity contribution in [1.82, 2.24) is 0 Å². The minimum absolute atomic E-state index is 0.0777. The van der Waals surface area contributed by atoms with Crippen LogP contribution in [0.1, 0.15) is 147 Å². The van der Waals surface area contributed by atoms with Gasteiger partial charge in [-0.25, -0.2) is 0 Å². The van der Waals surface area contributed by atoms with Gasteiger partial charge in [0.1, 0.15) is 0 Å². The van der Waals surface area contributed by atoms with Crippen molar-refractivity contribution < 1.29 is 0 Å². The number of hydrogen-bond donors (Lipinski definition) is 0. The Hall–Kier alpha value is -4.10. The Bertz CT molecular complexity index is 2330. The van der Waals surface area contributed by atoms with Crippen molar-refractivity contribution in [3.63, 3.8) is 0 Å². The maximum atomic E-state index is 2.73. The molecule has 0 aliphatic heterocycles. The largest absolute Gasteiger partial charge is 0.310 e. The number of anilines is 3. The second-order valence-corrected chi connectivity index (χ2v) is 22.3. The molecule has 7 aliphatic rings. The van der Waals surface area contributed by atoms with Crippen molar-refractivity contribution in [2.24, 2.45) is 23.7 Å². The van der Waals surface area contributed by atoms with Gasteiger partial charge in [0.05, 0.1) is 0 Å². The number of hydrogen-bond acceptors (Lipinski definition) is 1. The summed E-state index contributed by atoms with van der Waals surface area (Å²) >= 11 is 0. The minimum Gasteiger partial charge on any atom is -0.310 e. The maximum Gasteiger partial charge on any atom is 0.0471 e. The van der Waals surface area contributed by atoms with Crippen LogP contribution in [0.3, 0.4) is 0 Å². The molecule has 0 N–H and O–H groups in total. The van der Waals surface area contributed by atoms with Crippen LogP contribution in [0.25, 0.3) is 22.3 Å². The van der Waals surface area contributed by atoms with Crippen LogP contribution in [0.2, 0.25) is 0 Å². The van der Waals surface area contributed by atoms with E-state index in [2.05, 4.69) is 163 Å². The molecule has 12 rings (SSSR count). The number of rotatable bonds is 4. The molecule has 1 spiro atoms. The van der Waals surface area contributed by atoms with Crippen molar-refractivity contribution in [2.75, 3.05) is 4.90 Å². The van der Waals surface area contributed by atoms with E-state index in [0.717, 1.165) is 11.8 Å². The molecule has 292 valence electrons. The SMILES string of the molecule is CC1(C)CCC(C)(C)c2cc(N(c3ccc4c(c3)C(C)(C)CCC4(C)C)c3cc(-c4ccccc4)c4c(c3)C3(c5ccccc5-4)C4CC5CC(C4)CC3C5)ccc21. The normalized spacial score (nSPS) is 28.7. The van der Waals surface area contributed by atoms with Crippen LogP contribution < -0.4 is 4.90 Å². The fourth-order valence-electron chi connectivity index (χ4n) is 14.1. The van der Waals surface area contributed by atoms with Gasteiger partial charge in [-0.15, -0.1) is 0 Å².